The molecule has 0 radical (unpaired) electrons. The number of nitriles is 1. The number of hydrogen-bond donors (Lipinski definition) is 1. The fourth-order valence-electron chi connectivity index (χ4n) is 1.21. The molecule has 0 aliphatic rings. The van der Waals surface area contributed by atoms with Crippen molar-refractivity contribution < 1.29 is 0 Å². The first-order chi connectivity index (χ1) is 6.51. The van der Waals surface area contributed by atoms with Crippen molar-refractivity contribution >= 4 is 9.52 Å². The average molecular weight is 204 g/mol. The van der Waals surface area contributed by atoms with Crippen molar-refractivity contribution in [1.29, 1.82) is 5.26 Å². The molecule has 14 heavy (non-hydrogen) atoms. The van der Waals surface area contributed by atoms with Crippen LogP contribution in [0.4, 0.5) is 0 Å². The molecule has 0 fully saturated rings. The van der Waals surface area contributed by atoms with E-state index in [9.17, 15) is 0 Å². The maximum atomic E-state index is 8.63. The van der Waals surface area contributed by atoms with E-state index >= 15 is 0 Å². The first-order valence-corrected chi connectivity index (χ1v) is 6.50. The minimum absolute atomic E-state index is 0.0217. The summed E-state index contributed by atoms with van der Waals surface area (Å²) in [5.41, 5.74) is 7.97. The van der Waals surface area contributed by atoms with Crippen molar-refractivity contribution in [1.82, 2.24) is 0 Å². The summed E-state index contributed by atoms with van der Waals surface area (Å²) in [5, 5.41) is 8.65. The molecule has 3 heteroatoms. The Hall–Kier alpha value is -1.11. The topological polar surface area (TPSA) is 49.8 Å². The van der Waals surface area contributed by atoms with E-state index in [0.29, 0.717) is 0 Å². The number of rotatable bonds is 3. The maximum absolute atomic E-state index is 8.63. The summed E-state index contributed by atoms with van der Waals surface area (Å²) in [7, 11) is -0.272. The Kier molecular flexibility index (Phi) is 3.45. The van der Waals surface area contributed by atoms with Crippen LogP contribution in [0.15, 0.2) is 24.3 Å². The predicted molar refractivity (Wildman–Crippen MR) is 61.7 cm³/mol. The normalized spacial score (nSPS) is 11.9. The lowest BCUT2D eigenvalue weighted by Gasteiger charge is -2.17. The van der Waals surface area contributed by atoms with E-state index in [4.69, 9.17) is 11.0 Å². The van der Waals surface area contributed by atoms with Gasteiger partial charge in [-0.05, 0) is 23.3 Å². The molecule has 0 atom stereocenters. The molecule has 0 unspecified atom stereocenters. The standard InChI is InChI=1S/C11H16N2Si/c1-11(2,13)14-8-10-5-3-9(7-12)4-6-10/h3-6H,8,13-14H2,1-2H3. The second-order valence-corrected chi connectivity index (χ2v) is 7.12. The second-order valence-electron chi connectivity index (χ2n) is 4.30. The monoisotopic (exact) mass is 204 g/mol. The van der Waals surface area contributed by atoms with E-state index in [1.807, 2.05) is 24.3 Å². The van der Waals surface area contributed by atoms with Gasteiger partial charge in [-0.1, -0.05) is 31.5 Å². The highest BCUT2D eigenvalue weighted by Gasteiger charge is 2.10. The molecule has 1 aromatic rings. The highest BCUT2D eigenvalue weighted by Crippen LogP contribution is 2.05. The molecule has 74 valence electrons. The van der Waals surface area contributed by atoms with Crippen LogP contribution < -0.4 is 5.73 Å². The van der Waals surface area contributed by atoms with Crippen LogP contribution >= 0.6 is 0 Å². The van der Waals surface area contributed by atoms with Crippen LogP contribution in [0.1, 0.15) is 25.0 Å². The molecule has 0 aliphatic carbocycles. The Labute approximate surface area is 87.6 Å². The highest BCUT2D eigenvalue weighted by atomic mass is 28.2. The fraction of sp³-hybridized carbons (Fsp3) is 0.364. The zero-order valence-electron chi connectivity index (χ0n) is 8.75. The summed E-state index contributed by atoms with van der Waals surface area (Å²) >= 11 is 0. The molecule has 0 aromatic heterocycles. The smallest absolute Gasteiger partial charge is 0.0991 e. The van der Waals surface area contributed by atoms with E-state index in [0.717, 1.165) is 11.6 Å². The first kappa shape index (κ1) is 11.0. The second kappa shape index (κ2) is 4.40. The van der Waals surface area contributed by atoms with Gasteiger partial charge in [-0.2, -0.15) is 5.26 Å². The van der Waals surface area contributed by atoms with Crippen molar-refractivity contribution in [2.75, 3.05) is 0 Å². The predicted octanol–water partition coefficient (Wildman–Crippen LogP) is 0.922. The molecule has 0 spiro atoms. The molecular formula is C11H16N2Si. The van der Waals surface area contributed by atoms with E-state index in [-0.39, 0.29) is 14.7 Å². The highest BCUT2D eigenvalue weighted by molar-refractivity contribution is 6.39. The van der Waals surface area contributed by atoms with Gasteiger partial charge in [0.1, 0.15) is 0 Å². The summed E-state index contributed by atoms with van der Waals surface area (Å²) in [5.74, 6) is 0. The molecule has 0 amide bonds. The van der Waals surface area contributed by atoms with Crippen molar-refractivity contribution in [3.8, 4) is 6.07 Å². The summed E-state index contributed by atoms with van der Waals surface area (Å²) < 4.78 is 0. The molecule has 0 saturated carbocycles. The lowest BCUT2D eigenvalue weighted by Crippen LogP contribution is -2.40. The van der Waals surface area contributed by atoms with Crippen molar-refractivity contribution in [3.63, 3.8) is 0 Å². The zero-order valence-corrected chi connectivity index (χ0v) is 10.2. The van der Waals surface area contributed by atoms with E-state index in [1.165, 1.54) is 5.56 Å². The summed E-state index contributed by atoms with van der Waals surface area (Å²) in [6, 6.07) is 11.0. The summed E-state index contributed by atoms with van der Waals surface area (Å²) in [6.45, 7) is 4.17. The molecule has 0 saturated heterocycles. The van der Waals surface area contributed by atoms with Crippen molar-refractivity contribution in [3.05, 3.63) is 35.4 Å². The van der Waals surface area contributed by atoms with Crippen molar-refractivity contribution in [2.45, 2.75) is 25.1 Å². The van der Waals surface area contributed by atoms with Gasteiger partial charge in [0.15, 0.2) is 0 Å². The van der Waals surface area contributed by atoms with Crippen LogP contribution in [0.3, 0.4) is 0 Å². The lowest BCUT2D eigenvalue weighted by molar-refractivity contribution is 0.724. The maximum Gasteiger partial charge on any atom is 0.0991 e. The lowest BCUT2D eigenvalue weighted by atomic mass is 10.2. The third-order valence-electron chi connectivity index (χ3n) is 2.14. The van der Waals surface area contributed by atoms with Crippen molar-refractivity contribution in [2.24, 2.45) is 5.73 Å². The SMILES string of the molecule is CC(C)(N)[SiH2]Cc1ccc(C#N)cc1. The quantitative estimate of drug-likeness (QED) is 0.744. The largest absolute Gasteiger partial charge is 0.329 e. The Morgan fingerprint density at radius 1 is 1.36 bits per heavy atom. The first-order valence-electron chi connectivity index (χ1n) is 4.79. The van der Waals surface area contributed by atoms with E-state index in [2.05, 4.69) is 19.9 Å². The molecule has 2 N–H and O–H groups in total. The summed E-state index contributed by atoms with van der Waals surface area (Å²) in [4.78, 5) is 0. The van der Waals surface area contributed by atoms with Gasteiger partial charge in [0.2, 0.25) is 0 Å². The van der Waals surface area contributed by atoms with E-state index in [1.54, 1.807) is 0 Å². The van der Waals surface area contributed by atoms with Gasteiger partial charge in [-0.3, -0.25) is 0 Å². The van der Waals surface area contributed by atoms with Gasteiger partial charge < -0.3 is 5.73 Å². The molecule has 2 nitrogen and oxygen atoms in total. The van der Waals surface area contributed by atoms with Gasteiger partial charge in [0, 0.05) is 9.52 Å². The van der Waals surface area contributed by atoms with E-state index < -0.39 is 0 Å². The Balaban J connectivity index is 2.58. The van der Waals surface area contributed by atoms with Crippen LogP contribution in [-0.2, 0) is 6.04 Å². The number of nitrogens with two attached hydrogens (primary N) is 1. The molecule has 0 aliphatic heterocycles. The average Bonchev–Trinajstić information content (AvgIpc) is 2.14. The van der Waals surface area contributed by atoms with Crippen LogP contribution in [0.5, 0.6) is 0 Å². The Bertz CT molecular complexity index is 330. The van der Waals surface area contributed by atoms with Crippen LogP contribution in [-0.4, -0.2) is 14.7 Å². The minimum atomic E-state index is -0.272. The Morgan fingerprint density at radius 3 is 2.36 bits per heavy atom. The number of hydrogen-bond acceptors (Lipinski definition) is 2. The van der Waals surface area contributed by atoms with Crippen LogP contribution in [0.25, 0.3) is 0 Å². The van der Waals surface area contributed by atoms with Gasteiger partial charge in [0.05, 0.1) is 11.6 Å². The van der Waals surface area contributed by atoms with Crippen LogP contribution in [0.2, 0.25) is 0 Å². The van der Waals surface area contributed by atoms with Gasteiger partial charge in [0.25, 0.3) is 0 Å². The summed E-state index contributed by atoms with van der Waals surface area (Å²) in [6.07, 6.45) is 0. The molecular weight excluding hydrogens is 188 g/mol. The van der Waals surface area contributed by atoms with Gasteiger partial charge in [-0.15, -0.1) is 0 Å². The third kappa shape index (κ3) is 3.73. The zero-order chi connectivity index (χ0) is 10.6. The fourth-order valence-corrected chi connectivity index (χ4v) is 2.48. The van der Waals surface area contributed by atoms with Crippen LogP contribution in [0, 0.1) is 11.3 Å². The third-order valence-corrected chi connectivity index (χ3v) is 4.26. The molecule has 1 aromatic carbocycles. The Morgan fingerprint density at radius 2 is 1.93 bits per heavy atom. The molecule has 0 bridgehead atoms. The minimum Gasteiger partial charge on any atom is -0.329 e. The van der Waals surface area contributed by atoms with Gasteiger partial charge >= 0.3 is 0 Å². The number of benzene rings is 1. The van der Waals surface area contributed by atoms with Gasteiger partial charge in [-0.25, -0.2) is 0 Å². The number of nitrogens with zero attached hydrogens (tertiary/aromatic N) is 1. The molecule has 0 heterocycles. The molecule has 1 rings (SSSR count).